The molecule has 4 nitrogen and oxygen atoms in total. The lowest BCUT2D eigenvalue weighted by molar-refractivity contribution is 0.306. The van der Waals surface area contributed by atoms with Crippen LogP contribution in [0.2, 0.25) is 0 Å². The van der Waals surface area contributed by atoms with E-state index in [2.05, 4.69) is 16.4 Å². The van der Waals surface area contributed by atoms with Crippen molar-refractivity contribution in [2.45, 2.75) is 19.9 Å². The lowest BCUT2D eigenvalue weighted by Gasteiger charge is -2.23. The largest absolute Gasteiger partial charge is 0.370 e. The molecule has 1 unspecified atom stereocenters. The smallest absolute Gasteiger partial charge is 0.193 e. The molecule has 1 atom stereocenters. The van der Waals surface area contributed by atoms with Gasteiger partial charge in [-0.15, -0.1) is 0 Å². The van der Waals surface area contributed by atoms with Gasteiger partial charge in [0, 0.05) is 5.69 Å². The van der Waals surface area contributed by atoms with E-state index in [4.69, 9.17) is 5.73 Å². The molecule has 0 saturated heterocycles. The average molecular weight is 328 g/mol. The quantitative estimate of drug-likeness (QED) is 0.653. The molecule has 0 saturated carbocycles. The maximum Gasteiger partial charge on any atom is 0.193 e. The standard InChI is InChI=1S/C19H25FN4/c1-13-9-14(2)11-17(10-13)23-19(21)22-12-18(24(3)4)15-5-7-16(20)8-6-15/h5-11,18H,12H2,1-4H3,(H3,21,22,23). The number of guanidine groups is 1. The van der Waals surface area contributed by atoms with Crippen LogP contribution in [0.3, 0.4) is 0 Å². The van der Waals surface area contributed by atoms with Gasteiger partial charge in [-0.2, -0.15) is 0 Å². The van der Waals surface area contributed by atoms with E-state index < -0.39 is 0 Å². The molecule has 0 spiro atoms. The highest BCUT2D eigenvalue weighted by molar-refractivity contribution is 5.92. The van der Waals surface area contributed by atoms with Crippen molar-refractivity contribution in [3.63, 3.8) is 0 Å². The first-order valence-corrected chi connectivity index (χ1v) is 7.92. The van der Waals surface area contributed by atoms with Crippen molar-refractivity contribution < 1.29 is 4.39 Å². The number of likely N-dealkylation sites (N-methyl/N-ethyl adjacent to an activating group) is 1. The SMILES string of the molecule is Cc1cc(C)cc(NC(N)=NCC(c2ccc(F)cc2)N(C)C)c1. The van der Waals surface area contributed by atoms with E-state index in [9.17, 15) is 4.39 Å². The Kier molecular flexibility index (Phi) is 5.93. The molecule has 0 aromatic heterocycles. The van der Waals surface area contributed by atoms with E-state index in [0.717, 1.165) is 11.3 Å². The molecule has 0 fully saturated rings. The summed E-state index contributed by atoms with van der Waals surface area (Å²) in [6.07, 6.45) is 0. The number of aliphatic imine (C=N–C) groups is 1. The summed E-state index contributed by atoms with van der Waals surface area (Å²) in [6.45, 7) is 4.58. The number of hydrogen-bond acceptors (Lipinski definition) is 2. The van der Waals surface area contributed by atoms with E-state index in [0.29, 0.717) is 12.5 Å². The van der Waals surface area contributed by atoms with Gasteiger partial charge >= 0.3 is 0 Å². The maximum atomic E-state index is 13.1. The molecular weight excluding hydrogens is 303 g/mol. The summed E-state index contributed by atoms with van der Waals surface area (Å²) in [5.74, 6) is 0.129. The zero-order valence-electron chi connectivity index (χ0n) is 14.7. The van der Waals surface area contributed by atoms with Crippen LogP contribution in [-0.4, -0.2) is 31.5 Å². The van der Waals surface area contributed by atoms with Crippen molar-refractivity contribution >= 4 is 11.6 Å². The summed E-state index contributed by atoms with van der Waals surface area (Å²) < 4.78 is 13.1. The Morgan fingerprint density at radius 2 is 1.71 bits per heavy atom. The fraction of sp³-hybridized carbons (Fsp3) is 0.316. The monoisotopic (exact) mass is 328 g/mol. The number of aryl methyl sites for hydroxylation is 2. The van der Waals surface area contributed by atoms with Gasteiger partial charge in [-0.05, 0) is 68.9 Å². The molecule has 0 aliphatic carbocycles. The molecule has 3 N–H and O–H groups in total. The second-order valence-corrected chi connectivity index (χ2v) is 6.26. The molecule has 0 heterocycles. The molecule has 128 valence electrons. The molecule has 24 heavy (non-hydrogen) atoms. The van der Waals surface area contributed by atoms with Crippen LogP contribution >= 0.6 is 0 Å². The molecule has 0 bridgehead atoms. The van der Waals surface area contributed by atoms with Crippen molar-refractivity contribution in [2.75, 3.05) is 26.0 Å². The van der Waals surface area contributed by atoms with Crippen LogP contribution in [0.25, 0.3) is 0 Å². The van der Waals surface area contributed by atoms with Crippen LogP contribution in [0.15, 0.2) is 47.5 Å². The highest BCUT2D eigenvalue weighted by Gasteiger charge is 2.13. The second kappa shape index (κ2) is 7.93. The number of anilines is 1. The minimum Gasteiger partial charge on any atom is -0.370 e. The molecule has 0 aliphatic rings. The number of hydrogen-bond donors (Lipinski definition) is 2. The summed E-state index contributed by atoms with van der Waals surface area (Å²) in [6, 6.07) is 12.7. The Bertz CT molecular complexity index is 688. The summed E-state index contributed by atoms with van der Waals surface area (Å²) in [4.78, 5) is 6.49. The Morgan fingerprint density at radius 3 is 2.25 bits per heavy atom. The number of benzene rings is 2. The van der Waals surface area contributed by atoms with Gasteiger partial charge in [-0.1, -0.05) is 18.2 Å². The fourth-order valence-electron chi connectivity index (χ4n) is 2.67. The number of rotatable bonds is 5. The average Bonchev–Trinajstić information content (AvgIpc) is 2.47. The predicted octanol–water partition coefficient (Wildman–Crippen LogP) is 3.47. The predicted molar refractivity (Wildman–Crippen MR) is 98.9 cm³/mol. The van der Waals surface area contributed by atoms with Gasteiger partial charge in [0.25, 0.3) is 0 Å². The number of nitrogens with two attached hydrogens (primary N) is 1. The molecule has 2 aromatic carbocycles. The normalized spacial score (nSPS) is 13.2. The number of nitrogens with one attached hydrogen (secondary N) is 1. The van der Waals surface area contributed by atoms with Gasteiger partial charge < -0.3 is 16.0 Å². The lowest BCUT2D eigenvalue weighted by Crippen LogP contribution is -2.27. The third kappa shape index (κ3) is 5.06. The number of halogens is 1. The van der Waals surface area contributed by atoms with Crippen LogP contribution in [0, 0.1) is 19.7 Å². The Balaban J connectivity index is 2.09. The van der Waals surface area contributed by atoms with Crippen molar-refractivity contribution in [3.8, 4) is 0 Å². The summed E-state index contributed by atoms with van der Waals surface area (Å²) in [5.41, 5.74) is 10.3. The van der Waals surface area contributed by atoms with E-state index in [1.165, 1.54) is 23.3 Å². The first-order chi connectivity index (χ1) is 11.3. The van der Waals surface area contributed by atoms with E-state index >= 15 is 0 Å². The third-order valence-electron chi connectivity index (χ3n) is 3.81. The first kappa shape index (κ1) is 17.9. The van der Waals surface area contributed by atoms with E-state index in [1.807, 2.05) is 45.0 Å². The van der Waals surface area contributed by atoms with Gasteiger partial charge in [0.15, 0.2) is 5.96 Å². The molecule has 2 aromatic rings. The zero-order valence-corrected chi connectivity index (χ0v) is 14.7. The van der Waals surface area contributed by atoms with Crippen LogP contribution in [0.5, 0.6) is 0 Å². The minimum absolute atomic E-state index is 0.0326. The minimum atomic E-state index is -0.240. The van der Waals surface area contributed by atoms with Gasteiger partial charge in [0.1, 0.15) is 5.82 Å². The van der Waals surface area contributed by atoms with Crippen molar-refractivity contribution in [1.82, 2.24) is 4.90 Å². The second-order valence-electron chi connectivity index (χ2n) is 6.26. The fourth-order valence-corrected chi connectivity index (χ4v) is 2.67. The van der Waals surface area contributed by atoms with Crippen molar-refractivity contribution in [3.05, 3.63) is 65.0 Å². The lowest BCUT2D eigenvalue weighted by atomic mass is 10.1. The van der Waals surface area contributed by atoms with E-state index in [1.54, 1.807) is 12.1 Å². The van der Waals surface area contributed by atoms with E-state index in [-0.39, 0.29) is 11.9 Å². The highest BCUT2D eigenvalue weighted by Crippen LogP contribution is 2.19. The van der Waals surface area contributed by atoms with Crippen LogP contribution < -0.4 is 11.1 Å². The maximum absolute atomic E-state index is 13.1. The third-order valence-corrected chi connectivity index (χ3v) is 3.81. The Hall–Kier alpha value is -2.40. The first-order valence-electron chi connectivity index (χ1n) is 7.92. The van der Waals surface area contributed by atoms with Crippen LogP contribution in [-0.2, 0) is 0 Å². The summed E-state index contributed by atoms with van der Waals surface area (Å²) >= 11 is 0. The van der Waals surface area contributed by atoms with Gasteiger partial charge in [0.2, 0.25) is 0 Å². The van der Waals surface area contributed by atoms with Gasteiger partial charge in [-0.3, -0.25) is 4.99 Å². The Morgan fingerprint density at radius 1 is 1.12 bits per heavy atom. The molecule has 5 heteroatoms. The summed E-state index contributed by atoms with van der Waals surface area (Å²) in [5, 5.41) is 3.13. The molecule has 0 aliphatic heterocycles. The van der Waals surface area contributed by atoms with Crippen molar-refractivity contribution in [2.24, 2.45) is 10.7 Å². The molecular formula is C19H25FN4. The topological polar surface area (TPSA) is 53.6 Å². The van der Waals surface area contributed by atoms with Crippen LogP contribution in [0.1, 0.15) is 22.7 Å². The molecule has 0 amide bonds. The van der Waals surface area contributed by atoms with Gasteiger partial charge in [0.05, 0.1) is 12.6 Å². The zero-order chi connectivity index (χ0) is 17.7. The van der Waals surface area contributed by atoms with Crippen molar-refractivity contribution in [1.29, 1.82) is 0 Å². The molecule has 0 radical (unpaired) electrons. The Labute approximate surface area is 143 Å². The van der Waals surface area contributed by atoms with Gasteiger partial charge in [-0.25, -0.2) is 4.39 Å². The summed E-state index contributed by atoms with van der Waals surface area (Å²) in [7, 11) is 3.94. The van der Waals surface area contributed by atoms with Crippen LogP contribution in [0.4, 0.5) is 10.1 Å². The highest BCUT2D eigenvalue weighted by atomic mass is 19.1. The molecule has 2 rings (SSSR count). The number of nitrogens with zero attached hydrogens (tertiary/aromatic N) is 2.